The van der Waals surface area contributed by atoms with Crippen molar-refractivity contribution in [2.24, 2.45) is 0 Å². The first-order chi connectivity index (χ1) is 21.3. The zero-order valence-electron chi connectivity index (χ0n) is 25.0. The van der Waals surface area contributed by atoms with Crippen LogP contribution in [0.1, 0.15) is 68.6 Å². The number of fused-ring (bicyclic) bond motifs is 1. The van der Waals surface area contributed by atoms with Gasteiger partial charge in [-0.3, -0.25) is 14.4 Å². The zero-order valence-corrected chi connectivity index (χ0v) is 25.8. The Labute approximate surface area is 262 Å². The van der Waals surface area contributed by atoms with E-state index >= 15 is 0 Å². The third-order valence-electron chi connectivity index (χ3n) is 7.98. The van der Waals surface area contributed by atoms with Crippen LogP contribution in [0.2, 0.25) is 5.02 Å². The summed E-state index contributed by atoms with van der Waals surface area (Å²) in [5, 5.41) is 6.30. The first-order valence-electron chi connectivity index (χ1n) is 14.3. The Bertz CT molecular complexity index is 1820. The summed E-state index contributed by atoms with van der Waals surface area (Å²) >= 11 is 6.16. The van der Waals surface area contributed by atoms with E-state index in [2.05, 4.69) is 10.6 Å². The molecule has 0 aliphatic carbocycles. The van der Waals surface area contributed by atoms with Crippen LogP contribution in [0.3, 0.4) is 0 Å². The Morgan fingerprint density at radius 1 is 1.02 bits per heavy atom. The number of amides is 2. The molecule has 4 aromatic rings. The number of nitrogens with one attached hydrogen (secondary N) is 2. The first-order valence-corrected chi connectivity index (χ1v) is 14.6. The molecule has 3 aromatic carbocycles. The third kappa shape index (κ3) is 6.44. The number of aryl methyl sites for hydroxylation is 1. The Morgan fingerprint density at radius 2 is 1.67 bits per heavy atom. The number of alkyl halides is 3. The van der Waals surface area contributed by atoms with Crippen molar-refractivity contribution < 1.29 is 22.8 Å². The fourth-order valence-electron chi connectivity index (χ4n) is 5.35. The van der Waals surface area contributed by atoms with E-state index in [1.807, 2.05) is 13.8 Å². The molecule has 8 nitrogen and oxygen atoms in total. The molecule has 0 bridgehead atoms. The molecule has 0 radical (unpaired) electrons. The smallest absolute Gasteiger partial charge is 0.355 e. The lowest BCUT2D eigenvalue weighted by atomic mass is 9.98. The van der Waals surface area contributed by atoms with Gasteiger partial charge in [0.25, 0.3) is 17.4 Å². The van der Waals surface area contributed by atoms with Gasteiger partial charge in [-0.1, -0.05) is 23.7 Å². The van der Waals surface area contributed by atoms with Crippen LogP contribution in [0.5, 0.6) is 0 Å². The van der Waals surface area contributed by atoms with Gasteiger partial charge in [0.05, 0.1) is 29.5 Å². The zero-order chi connectivity index (χ0) is 32.6. The Morgan fingerprint density at radius 3 is 2.27 bits per heavy atom. The molecule has 1 aliphatic rings. The summed E-state index contributed by atoms with van der Waals surface area (Å²) in [4.78, 5) is 46.3. The minimum absolute atomic E-state index is 0.0754. The highest BCUT2D eigenvalue weighted by molar-refractivity contribution is 6.31. The number of hydrogen-bond acceptors (Lipinski definition) is 5. The van der Waals surface area contributed by atoms with Gasteiger partial charge in [0, 0.05) is 34.8 Å². The normalized spacial score (nSPS) is 15.3. The van der Waals surface area contributed by atoms with Crippen LogP contribution < -0.4 is 16.2 Å². The fourth-order valence-corrected chi connectivity index (χ4v) is 5.47. The van der Waals surface area contributed by atoms with Gasteiger partial charge < -0.3 is 15.5 Å². The summed E-state index contributed by atoms with van der Waals surface area (Å²) in [6.45, 7) is 5.50. The van der Waals surface area contributed by atoms with E-state index in [0.717, 1.165) is 17.7 Å². The lowest BCUT2D eigenvalue weighted by molar-refractivity contribution is -0.137. The number of benzene rings is 3. The number of rotatable bonds is 6. The summed E-state index contributed by atoms with van der Waals surface area (Å²) in [6.07, 6.45) is -4.22. The van der Waals surface area contributed by atoms with Crippen molar-refractivity contribution in [2.45, 2.75) is 52.0 Å². The molecule has 2 heterocycles. The van der Waals surface area contributed by atoms with Crippen LogP contribution in [-0.4, -0.2) is 39.4 Å². The van der Waals surface area contributed by atoms with E-state index in [1.54, 1.807) is 54.3 Å². The average molecular weight is 638 g/mol. The molecule has 2 amide bonds. The molecule has 234 valence electrons. The Hall–Kier alpha value is -4.64. The molecule has 1 aromatic heterocycles. The number of anilines is 1. The Balaban J connectivity index is 1.56. The molecule has 2 N–H and O–H groups in total. The Kier molecular flexibility index (Phi) is 8.75. The average Bonchev–Trinajstić information content (AvgIpc) is 3.01. The monoisotopic (exact) mass is 637 g/mol. The van der Waals surface area contributed by atoms with Crippen molar-refractivity contribution in [3.05, 3.63) is 121 Å². The van der Waals surface area contributed by atoms with Crippen molar-refractivity contribution in [2.75, 3.05) is 12.4 Å². The molecular formula is C33H31ClF3N5O3. The maximum absolute atomic E-state index is 14.1. The summed E-state index contributed by atoms with van der Waals surface area (Å²) in [6, 6.07) is 15.3. The number of nitrogens with zero attached hydrogens (tertiary/aromatic N) is 3. The molecule has 1 aliphatic heterocycles. The molecule has 0 saturated heterocycles. The fraction of sp³-hybridized carbons (Fsp3) is 0.273. The SMILES string of the molecule is CNC(=O)c1ccc(-n2c(N[C@@H](C)c3ccc(C(F)(F)F)cc3)nc3c(c2=O)C[C@@H](C)N(C(=O)c2ccc(Cl)c(C)c2)C3)cc1. The predicted octanol–water partition coefficient (Wildman–Crippen LogP) is 6.33. The van der Waals surface area contributed by atoms with Crippen LogP contribution in [-0.2, 0) is 19.1 Å². The van der Waals surface area contributed by atoms with E-state index < -0.39 is 17.8 Å². The molecule has 0 fully saturated rings. The van der Waals surface area contributed by atoms with Crippen molar-refractivity contribution in [3.63, 3.8) is 0 Å². The second-order valence-electron chi connectivity index (χ2n) is 11.1. The number of aromatic nitrogens is 2. The van der Waals surface area contributed by atoms with Gasteiger partial charge in [0.2, 0.25) is 5.95 Å². The summed E-state index contributed by atoms with van der Waals surface area (Å²) in [5.74, 6) is -0.374. The van der Waals surface area contributed by atoms with E-state index in [1.165, 1.54) is 23.7 Å². The second-order valence-corrected chi connectivity index (χ2v) is 11.5. The molecule has 0 saturated carbocycles. The van der Waals surface area contributed by atoms with Crippen molar-refractivity contribution in [3.8, 4) is 5.69 Å². The standard InChI is InChI=1S/C33H31ClF3N5O3/c1-18-15-23(9-14-27(18)34)30(44)41-17-28-26(16-19(41)2)31(45)42(25-12-7-22(8-13-25)29(43)38-4)32(40-28)39-20(3)21-5-10-24(11-6-21)33(35,36)37/h5-15,19-20H,16-17H2,1-4H3,(H,38,43)(H,39,40)/t19-,20+/m1/s1. The highest BCUT2D eigenvalue weighted by Gasteiger charge is 2.33. The summed E-state index contributed by atoms with van der Waals surface area (Å²) in [5.41, 5.74) is 2.34. The maximum atomic E-state index is 14.1. The molecule has 5 rings (SSSR count). The van der Waals surface area contributed by atoms with Crippen LogP contribution in [0.15, 0.2) is 71.5 Å². The number of hydrogen-bond donors (Lipinski definition) is 2. The van der Waals surface area contributed by atoms with Crippen LogP contribution in [0.4, 0.5) is 19.1 Å². The first kappa shape index (κ1) is 31.8. The van der Waals surface area contributed by atoms with Crippen LogP contribution >= 0.6 is 11.6 Å². The molecule has 45 heavy (non-hydrogen) atoms. The van der Waals surface area contributed by atoms with Crippen LogP contribution in [0, 0.1) is 6.92 Å². The van der Waals surface area contributed by atoms with Gasteiger partial charge in [-0.25, -0.2) is 9.55 Å². The minimum atomic E-state index is -4.47. The van der Waals surface area contributed by atoms with Crippen LogP contribution in [0.25, 0.3) is 5.69 Å². The quantitative estimate of drug-likeness (QED) is 0.258. The summed E-state index contributed by atoms with van der Waals surface area (Å²) < 4.78 is 40.8. The second kappa shape index (κ2) is 12.4. The lowest BCUT2D eigenvalue weighted by Gasteiger charge is -2.35. The number of carbonyl (C=O) groups excluding carboxylic acids is 2. The molecule has 12 heteroatoms. The van der Waals surface area contributed by atoms with Crippen molar-refractivity contribution in [1.29, 1.82) is 0 Å². The van der Waals surface area contributed by atoms with Crippen molar-refractivity contribution in [1.82, 2.24) is 19.8 Å². The lowest BCUT2D eigenvalue weighted by Crippen LogP contribution is -2.46. The minimum Gasteiger partial charge on any atom is -0.355 e. The van der Waals surface area contributed by atoms with Crippen molar-refractivity contribution >= 4 is 29.4 Å². The molecule has 2 atom stereocenters. The maximum Gasteiger partial charge on any atom is 0.416 e. The summed E-state index contributed by atoms with van der Waals surface area (Å²) in [7, 11) is 1.52. The van der Waals surface area contributed by atoms with Gasteiger partial charge >= 0.3 is 6.18 Å². The van der Waals surface area contributed by atoms with Gasteiger partial charge in [0.15, 0.2) is 0 Å². The van der Waals surface area contributed by atoms with Gasteiger partial charge in [0.1, 0.15) is 0 Å². The molecular weight excluding hydrogens is 607 g/mol. The largest absolute Gasteiger partial charge is 0.416 e. The van der Waals surface area contributed by atoms with Gasteiger partial charge in [-0.15, -0.1) is 0 Å². The number of carbonyl (C=O) groups is 2. The van der Waals surface area contributed by atoms with E-state index in [-0.39, 0.29) is 42.3 Å². The highest BCUT2D eigenvalue weighted by atomic mass is 35.5. The topological polar surface area (TPSA) is 96.3 Å². The van der Waals surface area contributed by atoms with Gasteiger partial charge in [-0.2, -0.15) is 13.2 Å². The molecule has 0 unspecified atom stereocenters. The van der Waals surface area contributed by atoms with Gasteiger partial charge in [-0.05, 0) is 92.9 Å². The predicted molar refractivity (Wildman–Crippen MR) is 166 cm³/mol. The van der Waals surface area contributed by atoms with E-state index in [9.17, 15) is 27.6 Å². The third-order valence-corrected chi connectivity index (χ3v) is 8.40. The van der Waals surface area contributed by atoms with E-state index in [4.69, 9.17) is 16.6 Å². The number of halogens is 4. The molecule has 0 spiro atoms. The highest BCUT2D eigenvalue weighted by Crippen LogP contribution is 2.31. The van der Waals surface area contributed by atoms with E-state index in [0.29, 0.717) is 38.7 Å².